The fourth-order valence-electron chi connectivity index (χ4n) is 2.31. The third kappa shape index (κ3) is 2.78. The topological polar surface area (TPSA) is 44.1 Å². The Kier molecular flexibility index (Phi) is 3.91. The molecule has 1 fully saturated rings. The second kappa shape index (κ2) is 5.70. The molecule has 0 aliphatic heterocycles. The third-order valence-corrected chi connectivity index (χ3v) is 3.96. The van der Waals surface area contributed by atoms with Gasteiger partial charge in [0, 0.05) is 10.9 Å². The van der Waals surface area contributed by atoms with Crippen molar-refractivity contribution in [2.45, 2.75) is 25.7 Å². The molecule has 21 heavy (non-hydrogen) atoms. The van der Waals surface area contributed by atoms with Crippen molar-refractivity contribution in [3.63, 3.8) is 0 Å². The molecule has 6 heteroatoms. The molecule has 0 radical (unpaired) electrons. The summed E-state index contributed by atoms with van der Waals surface area (Å²) in [5.74, 6) is -0.0224. The minimum Gasteiger partial charge on any atom is -0.462 e. The molecule has 0 spiro atoms. The van der Waals surface area contributed by atoms with E-state index in [1.54, 1.807) is 36.0 Å². The predicted molar refractivity (Wildman–Crippen MR) is 81.5 cm³/mol. The van der Waals surface area contributed by atoms with E-state index in [1.165, 1.54) is 0 Å². The first-order chi connectivity index (χ1) is 10.1. The molecule has 1 heterocycles. The van der Waals surface area contributed by atoms with Gasteiger partial charge >= 0.3 is 5.97 Å². The van der Waals surface area contributed by atoms with Crippen LogP contribution in [0.3, 0.4) is 0 Å². The van der Waals surface area contributed by atoms with E-state index in [-0.39, 0.29) is 5.97 Å². The Morgan fingerprint density at radius 2 is 2.19 bits per heavy atom. The van der Waals surface area contributed by atoms with Gasteiger partial charge < -0.3 is 4.74 Å². The quantitative estimate of drug-likeness (QED) is 0.790. The van der Waals surface area contributed by atoms with Crippen LogP contribution in [0.2, 0.25) is 10.0 Å². The lowest BCUT2D eigenvalue weighted by molar-refractivity contribution is 0.0525. The van der Waals surface area contributed by atoms with E-state index in [1.807, 2.05) is 0 Å². The lowest BCUT2D eigenvalue weighted by Crippen LogP contribution is -2.09. The first-order valence-corrected chi connectivity index (χ1v) is 7.58. The largest absolute Gasteiger partial charge is 0.462 e. The van der Waals surface area contributed by atoms with E-state index in [4.69, 9.17) is 27.9 Å². The van der Waals surface area contributed by atoms with Crippen molar-refractivity contribution in [3.8, 4) is 5.69 Å². The van der Waals surface area contributed by atoms with E-state index in [9.17, 15) is 4.79 Å². The highest BCUT2D eigenvalue weighted by Gasteiger charge is 2.33. The molecule has 110 valence electrons. The van der Waals surface area contributed by atoms with Gasteiger partial charge in [0.1, 0.15) is 5.56 Å². The molecule has 1 aromatic heterocycles. The zero-order valence-corrected chi connectivity index (χ0v) is 13.0. The van der Waals surface area contributed by atoms with E-state index in [0.29, 0.717) is 33.8 Å². The first kappa shape index (κ1) is 14.4. The molecule has 0 amide bonds. The van der Waals surface area contributed by atoms with Crippen molar-refractivity contribution >= 4 is 29.2 Å². The number of nitrogens with zero attached hydrogens (tertiary/aromatic N) is 2. The van der Waals surface area contributed by atoms with Gasteiger partial charge in [-0.15, -0.1) is 0 Å². The Hall–Kier alpha value is -1.52. The number of hydrogen-bond acceptors (Lipinski definition) is 3. The number of halogens is 2. The maximum absolute atomic E-state index is 12.1. The van der Waals surface area contributed by atoms with Gasteiger partial charge in [0.25, 0.3) is 0 Å². The zero-order valence-electron chi connectivity index (χ0n) is 11.5. The van der Waals surface area contributed by atoms with Crippen LogP contribution in [0.15, 0.2) is 24.4 Å². The van der Waals surface area contributed by atoms with E-state index >= 15 is 0 Å². The van der Waals surface area contributed by atoms with Crippen LogP contribution >= 0.6 is 23.2 Å². The smallest absolute Gasteiger partial charge is 0.341 e. The number of rotatable bonds is 4. The number of hydrogen-bond donors (Lipinski definition) is 0. The van der Waals surface area contributed by atoms with Gasteiger partial charge in [0.05, 0.1) is 29.2 Å². The highest BCUT2D eigenvalue weighted by Crippen LogP contribution is 2.43. The summed E-state index contributed by atoms with van der Waals surface area (Å²) in [6.45, 7) is 2.12. The second-order valence-corrected chi connectivity index (χ2v) is 5.79. The van der Waals surface area contributed by atoms with Crippen molar-refractivity contribution in [1.82, 2.24) is 9.78 Å². The molecular weight excluding hydrogens is 311 g/mol. The number of benzene rings is 1. The molecule has 0 bridgehead atoms. The Labute approximate surface area is 132 Å². The maximum atomic E-state index is 12.1. The van der Waals surface area contributed by atoms with Gasteiger partial charge in [-0.2, -0.15) is 5.10 Å². The summed E-state index contributed by atoms with van der Waals surface area (Å²) in [5, 5.41) is 5.44. The van der Waals surface area contributed by atoms with Gasteiger partial charge in [-0.25, -0.2) is 9.48 Å². The van der Waals surface area contributed by atoms with Gasteiger partial charge in [-0.05, 0) is 38.0 Å². The SMILES string of the molecule is CCOC(=O)c1cnn(-c2cc(Cl)ccc2Cl)c1C1CC1. The molecule has 4 nitrogen and oxygen atoms in total. The van der Waals surface area contributed by atoms with Crippen LogP contribution in [0.1, 0.15) is 41.7 Å². The second-order valence-electron chi connectivity index (χ2n) is 4.95. The minimum absolute atomic E-state index is 0.321. The summed E-state index contributed by atoms with van der Waals surface area (Å²) in [5.41, 5.74) is 2.05. The number of carbonyl (C=O) groups excluding carboxylic acids is 1. The van der Waals surface area contributed by atoms with Crippen LogP contribution in [0, 0.1) is 0 Å². The fourth-order valence-corrected chi connectivity index (χ4v) is 2.68. The monoisotopic (exact) mass is 324 g/mol. The predicted octanol–water partition coefficient (Wildman–Crippen LogP) is 4.23. The molecule has 1 saturated carbocycles. The normalized spacial score (nSPS) is 14.2. The van der Waals surface area contributed by atoms with Crippen LogP contribution in [0.25, 0.3) is 5.69 Å². The fraction of sp³-hybridized carbons (Fsp3) is 0.333. The van der Waals surface area contributed by atoms with Crippen LogP contribution in [-0.2, 0) is 4.74 Å². The van der Waals surface area contributed by atoms with Gasteiger partial charge in [-0.1, -0.05) is 23.2 Å². The van der Waals surface area contributed by atoms with Crippen LogP contribution in [-0.4, -0.2) is 22.4 Å². The highest BCUT2D eigenvalue weighted by molar-refractivity contribution is 6.34. The summed E-state index contributed by atoms with van der Waals surface area (Å²) >= 11 is 12.3. The summed E-state index contributed by atoms with van der Waals surface area (Å²) < 4.78 is 6.80. The number of carbonyl (C=O) groups is 1. The summed E-state index contributed by atoms with van der Waals surface area (Å²) in [6.07, 6.45) is 3.62. The maximum Gasteiger partial charge on any atom is 0.341 e. The average Bonchev–Trinajstić information content (AvgIpc) is 3.20. The van der Waals surface area contributed by atoms with Crippen molar-refractivity contribution in [1.29, 1.82) is 0 Å². The van der Waals surface area contributed by atoms with Gasteiger partial charge in [-0.3, -0.25) is 0 Å². The molecule has 0 atom stereocenters. The Balaban J connectivity index is 2.11. The van der Waals surface area contributed by atoms with Crippen molar-refractivity contribution in [2.24, 2.45) is 0 Å². The standard InChI is InChI=1S/C15H14Cl2N2O2/c1-2-21-15(20)11-8-18-19(14(11)9-3-4-9)13-7-10(16)5-6-12(13)17/h5-9H,2-4H2,1H3. The molecule has 0 unspecified atom stereocenters. The molecule has 2 aromatic rings. The van der Waals surface area contributed by atoms with E-state index < -0.39 is 0 Å². The number of esters is 1. The van der Waals surface area contributed by atoms with Gasteiger partial charge in [0.2, 0.25) is 0 Å². The molecule has 0 N–H and O–H groups in total. The highest BCUT2D eigenvalue weighted by atomic mass is 35.5. The van der Waals surface area contributed by atoms with Gasteiger partial charge in [0.15, 0.2) is 0 Å². The molecule has 1 aromatic carbocycles. The van der Waals surface area contributed by atoms with Crippen molar-refractivity contribution in [2.75, 3.05) is 6.61 Å². The average molecular weight is 325 g/mol. The molecule has 1 aliphatic carbocycles. The van der Waals surface area contributed by atoms with E-state index in [0.717, 1.165) is 18.5 Å². The Morgan fingerprint density at radius 1 is 1.43 bits per heavy atom. The summed E-state index contributed by atoms with van der Waals surface area (Å²) in [7, 11) is 0. The third-order valence-electron chi connectivity index (χ3n) is 3.40. The Morgan fingerprint density at radius 3 is 2.86 bits per heavy atom. The molecule has 0 saturated heterocycles. The number of aromatic nitrogens is 2. The van der Waals surface area contributed by atoms with Crippen LogP contribution in [0.5, 0.6) is 0 Å². The van der Waals surface area contributed by atoms with Crippen molar-refractivity contribution in [3.05, 3.63) is 45.7 Å². The lowest BCUT2D eigenvalue weighted by atomic mass is 10.1. The summed E-state index contributed by atoms with van der Waals surface area (Å²) in [4.78, 5) is 12.1. The van der Waals surface area contributed by atoms with Crippen LogP contribution < -0.4 is 0 Å². The molecular formula is C15H14Cl2N2O2. The molecule has 3 rings (SSSR count). The molecule has 1 aliphatic rings. The zero-order chi connectivity index (χ0) is 15.0. The Bertz CT molecular complexity index is 693. The first-order valence-electron chi connectivity index (χ1n) is 6.82. The van der Waals surface area contributed by atoms with E-state index in [2.05, 4.69) is 5.10 Å². The van der Waals surface area contributed by atoms with Crippen molar-refractivity contribution < 1.29 is 9.53 Å². The van der Waals surface area contributed by atoms with Crippen LogP contribution in [0.4, 0.5) is 0 Å². The minimum atomic E-state index is -0.344. The lowest BCUT2D eigenvalue weighted by Gasteiger charge is -2.10. The summed E-state index contributed by atoms with van der Waals surface area (Å²) in [6, 6.07) is 5.19. The number of ether oxygens (including phenoxy) is 1.